The van der Waals surface area contributed by atoms with Gasteiger partial charge >= 0.3 is 5.97 Å². The van der Waals surface area contributed by atoms with Gasteiger partial charge in [0.25, 0.3) is 5.91 Å². The molecular formula is C14H17NO5. The van der Waals surface area contributed by atoms with Crippen molar-refractivity contribution < 1.29 is 24.5 Å². The van der Waals surface area contributed by atoms with E-state index in [4.69, 9.17) is 9.84 Å². The van der Waals surface area contributed by atoms with Crippen LogP contribution in [0.25, 0.3) is 0 Å². The highest BCUT2D eigenvalue weighted by molar-refractivity contribution is 5.98. The largest absolute Gasteiger partial charge is 0.504 e. The van der Waals surface area contributed by atoms with Crippen LogP contribution in [0.15, 0.2) is 18.2 Å². The number of hydrogen-bond acceptors (Lipinski definition) is 4. The Kier molecular flexibility index (Phi) is 3.83. The van der Waals surface area contributed by atoms with Crippen molar-refractivity contribution in [2.75, 3.05) is 13.7 Å². The number of carbonyl (C=O) groups is 2. The normalized spacial score (nSPS) is 21.8. The Morgan fingerprint density at radius 3 is 2.65 bits per heavy atom. The summed E-state index contributed by atoms with van der Waals surface area (Å²) in [7, 11) is 1.41. The van der Waals surface area contributed by atoms with Crippen molar-refractivity contribution in [2.24, 2.45) is 5.92 Å². The zero-order valence-electron chi connectivity index (χ0n) is 11.4. The number of amides is 1. The third-order valence-electron chi connectivity index (χ3n) is 3.78. The molecule has 2 N–H and O–H groups in total. The number of methoxy groups -OCH3 is 1. The second kappa shape index (κ2) is 5.40. The van der Waals surface area contributed by atoms with Gasteiger partial charge < -0.3 is 19.8 Å². The fraction of sp³-hybridized carbons (Fsp3) is 0.429. The van der Waals surface area contributed by atoms with Gasteiger partial charge in [0.15, 0.2) is 11.5 Å². The van der Waals surface area contributed by atoms with Crippen molar-refractivity contribution in [3.8, 4) is 11.5 Å². The van der Waals surface area contributed by atoms with Crippen LogP contribution in [0, 0.1) is 5.92 Å². The van der Waals surface area contributed by atoms with Crippen molar-refractivity contribution >= 4 is 11.9 Å². The third kappa shape index (κ3) is 2.29. The number of para-hydroxylation sites is 1. The molecule has 20 heavy (non-hydrogen) atoms. The molecule has 0 saturated carbocycles. The number of phenols is 1. The topological polar surface area (TPSA) is 87.1 Å². The van der Waals surface area contributed by atoms with Crippen LogP contribution in [-0.2, 0) is 4.79 Å². The second-order valence-corrected chi connectivity index (χ2v) is 4.83. The van der Waals surface area contributed by atoms with Gasteiger partial charge in [-0.2, -0.15) is 0 Å². The number of phenolic OH excluding ortho intramolecular Hbond substituents is 1. The Morgan fingerprint density at radius 2 is 2.10 bits per heavy atom. The Labute approximate surface area is 116 Å². The fourth-order valence-corrected chi connectivity index (χ4v) is 2.57. The number of rotatable bonds is 3. The van der Waals surface area contributed by atoms with E-state index in [0.717, 1.165) is 0 Å². The highest BCUT2D eigenvalue weighted by Gasteiger charge is 2.39. The minimum Gasteiger partial charge on any atom is -0.504 e. The molecule has 1 heterocycles. The van der Waals surface area contributed by atoms with Crippen molar-refractivity contribution in [1.82, 2.24) is 4.90 Å². The van der Waals surface area contributed by atoms with E-state index in [1.165, 1.54) is 18.1 Å². The molecule has 0 spiro atoms. The lowest BCUT2D eigenvalue weighted by Crippen LogP contribution is -2.37. The van der Waals surface area contributed by atoms with Gasteiger partial charge in [0.1, 0.15) is 0 Å². The first kappa shape index (κ1) is 14.2. The number of carboxylic acid groups (broad SMARTS) is 1. The van der Waals surface area contributed by atoms with Crippen molar-refractivity contribution in [1.29, 1.82) is 0 Å². The van der Waals surface area contributed by atoms with E-state index < -0.39 is 17.9 Å². The molecule has 2 atom stereocenters. The van der Waals surface area contributed by atoms with Gasteiger partial charge in [-0.05, 0) is 25.5 Å². The van der Waals surface area contributed by atoms with E-state index in [1.807, 2.05) is 0 Å². The molecular weight excluding hydrogens is 262 g/mol. The molecule has 108 valence electrons. The van der Waals surface area contributed by atoms with Gasteiger partial charge in [-0.15, -0.1) is 0 Å². The van der Waals surface area contributed by atoms with Gasteiger partial charge in [0.2, 0.25) is 0 Å². The van der Waals surface area contributed by atoms with E-state index in [2.05, 4.69) is 0 Å². The van der Waals surface area contributed by atoms with Crippen molar-refractivity contribution in [3.05, 3.63) is 23.8 Å². The Bertz CT molecular complexity index is 542. The SMILES string of the molecule is COc1cccc(C(=O)N2CCC(C(=O)O)C2C)c1O. The number of nitrogens with zero attached hydrogens (tertiary/aromatic N) is 1. The van der Waals surface area contributed by atoms with Crippen LogP contribution >= 0.6 is 0 Å². The summed E-state index contributed by atoms with van der Waals surface area (Å²) in [5.41, 5.74) is 0.127. The first-order valence-corrected chi connectivity index (χ1v) is 6.37. The summed E-state index contributed by atoms with van der Waals surface area (Å²) >= 11 is 0. The van der Waals surface area contributed by atoms with Crippen LogP contribution in [-0.4, -0.2) is 46.7 Å². The lowest BCUT2D eigenvalue weighted by molar-refractivity contribution is -0.142. The van der Waals surface area contributed by atoms with E-state index in [-0.39, 0.29) is 23.0 Å². The first-order chi connectivity index (χ1) is 9.47. The lowest BCUT2D eigenvalue weighted by atomic mass is 10.0. The zero-order chi connectivity index (χ0) is 14.9. The minimum absolute atomic E-state index is 0.127. The summed E-state index contributed by atoms with van der Waals surface area (Å²) in [6.07, 6.45) is 0.424. The van der Waals surface area contributed by atoms with E-state index in [0.29, 0.717) is 13.0 Å². The molecule has 1 aromatic carbocycles. The van der Waals surface area contributed by atoms with Crippen LogP contribution in [0.3, 0.4) is 0 Å². The number of ether oxygens (including phenoxy) is 1. The fourth-order valence-electron chi connectivity index (χ4n) is 2.57. The Morgan fingerprint density at radius 1 is 1.40 bits per heavy atom. The van der Waals surface area contributed by atoms with Gasteiger partial charge in [0, 0.05) is 12.6 Å². The summed E-state index contributed by atoms with van der Waals surface area (Å²) in [4.78, 5) is 25.0. The van der Waals surface area contributed by atoms with Crippen LogP contribution in [0.5, 0.6) is 11.5 Å². The molecule has 6 heteroatoms. The maximum atomic E-state index is 12.4. The maximum Gasteiger partial charge on any atom is 0.308 e. The van der Waals surface area contributed by atoms with E-state index in [1.54, 1.807) is 19.1 Å². The summed E-state index contributed by atoms with van der Waals surface area (Å²) < 4.78 is 4.97. The highest BCUT2D eigenvalue weighted by Crippen LogP contribution is 2.33. The average molecular weight is 279 g/mol. The van der Waals surface area contributed by atoms with Gasteiger partial charge in [0.05, 0.1) is 18.6 Å². The summed E-state index contributed by atoms with van der Waals surface area (Å²) in [5, 5.41) is 19.1. The molecule has 2 unspecified atom stereocenters. The number of aliphatic carboxylic acids is 1. The number of carboxylic acids is 1. The lowest BCUT2D eigenvalue weighted by Gasteiger charge is -2.24. The molecule has 0 aromatic heterocycles. The second-order valence-electron chi connectivity index (χ2n) is 4.83. The predicted molar refractivity (Wildman–Crippen MR) is 70.9 cm³/mol. The molecule has 0 radical (unpaired) electrons. The van der Waals surface area contributed by atoms with Crippen LogP contribution in [0.1, 0.15) is 23.7 Å². The van der Waals surface area contributed by atoms with Crippen molar-refractivity contribution in [2.45, 2.75) is 19.4 Å². The van der Waals surface area contributed by atoms with Gasteiger partial charge in [-0.1, -0.05) is 6.07 Å². The summed E-state index contributed by atoms with van der Waals surface area (Å²) in [5.74, 6) is -1.84. The predicted octanol–water partition coefficient (Wildman–Crippen LogP) is 1.34. The maximum absolute atomic E-state index is 12.4. The van der Waals surface area contributed by atoms with E-state index >= 15 is 0 Å². The molecule has 6 nitrogen and oxygen atoms in total. The van der Waals surface area contributed by atoms with Crippen LogP contribution in [0.2, 0.25) is 0 Å². The molecule has 1 aromatic rings. The van der Waals surface area contributed by atoms with Crippen molar-refractivity contribution in [3.63, 3.8) is 0 Å². The van der Waals surface area contributed by atoms with Crippen LogP contribution in [0.4, 0.5) is 0 Å². The molecule has 1 aliphatic rings. The molecule has 1 fully saturated rings. The Balaban J connectivity index is 2.27. The summed E-state index contributed by atoms with van der Waals surface area (Å²) in [6, 6.07) is 4.27. The average Bonchev–Trinajstić information content (AvgIpc) is 2.80. The molecule has 0 bridgehead atoms. The van der Waals surface area contributed by atoms with Gasteiger partial charge in [-0.3, -0.25) is 9.59 Å². The zero-order valence-corrected chi connectivity index (χ0v) is 11.4. The molecule has 1 saturated heterocycles. The standard InChI is InChI=1S/C14H17NO5/c1-8-9(14(18)19)6-7-15(8)13(17)10-4-3-5-11(20-2)12(10)16/h3-5,8-9,16H,6-7H2,1-2H3,(H,18,19). The van der Waals surface area contributed by atoms with Crippen LogP contribution < -0.4 is 4.74 Å². The number of carbonyl (C=O) groups excluding carboxylic acids is 1. The summed E-state index contributed by atoms with van der Waals surface area (Å²) in [6.45, 7) is 2.08. The van der Waals surface area contributed by atoms with Gasteiger partial charge in [-0.25, -0.2) is 0 Å². The highest BCUT2D eigenvalue weighted by atomic mass is 16.5. The quantitative estimate of drug-likeness (QED) is 0.871. The molecule has 2 rings (SSSR count). The number of benzene rings is 1. The number of aromatic hydroxyl groups is 1. The smallest absolute Gasteiger partial charge is 0.308 e. The Hall–Kier alpha value is -2.24. The third-order valence-corrected chi connectivity index (χ3v) is 3.78. The van der Waals surface area contributed by atoms with E-state index in [9.17, 15) is 14.7 Å². The molecule has 1 amide bonds. The molecule has 0 aliphatic carbocycles. The number of likely N-dealkylation sites (tertiary alicyclic amines) is 1. The minimum atomic E-state index is -0.900. The molecule has 1 aliphatic heterocycles. The first-order valence-electron chi connectivity index (χ1n) is 6.37. The number of hydrogen-bond donors (Lipinski definition) is 2. The monoisotopic (exact) mass is 279 g/mol.